The smallest absolute Gasteiger partial charge is 0.312 e. The maximum atomic E-state index is 13.3. The topological polar surface area (TPSA) is 45.8 Å². The van der Waals surface area contributed by atoms with E-state index in [9.17, 15) is 13.6 Å². The van der Waals surface area contributed by atoms with E-state index < -0.39 is 17.3 Å². The number of H-pyrrole nitrogens is 1. The van der Waals surface area contributed by atoms with Crippen LogP contribution in [0, 0.1) is 11.6 Å². The highest BCUT2D eigenvalue weighted by Gasteiger charge is 2.10. The van der Waals surface area contributed by atoms with Gasteiger partial charge in [0.1, 0.15) is 11.6 Å². The van der Waals surface area contributed by atoms with E-state index in [1.807, 2.05) is 0 Å². The summed E-state index contributed by atoms with van der Waals surface area (Å²) in [6, 6.07) is 3.56. The molecule has 1 aromatic carbocycles. The van der Waals surface area contributed by atoms with Crippen LogP contribution in [0.25, 0.3) is 11.1 Å². The molecule has 1 N–H and O–H groups in total. The van der Waals surface area contributed by atoms with E-state index in [0.717, 1.165) is 18.3 Å². The molecule has 2 aromatic rings. The summed E-state index contributed by atoms with van der Waals surface area (Å²) < 4.78 is 26.6. The van der Waals surface area contributed by atoms with Crippen LogP contribution < -0.4 is 5.69 Å². The van der Waals surface area contributed by atoms with Crippen molar-refractivity contribution in [3.63, 3.8) is 0 Å². The van der Waals surface area contributed by atoms with Gasteiger partial charge in [-0.25, -0.2) is 18.6 Å². The second kappa shape index (κ2) is 3.61. The molecule has 0 saturated carbocycles. The van der Waals surface area contributed by atoms with Crippen molar-refractivity contribution in [1.29, 1.82) is 0 Å². The first-order chi connectivity index (χ1) is 7.18. The maximum absolute atomic E-state index is 13.3. The van der Waals surface area contributed by atoms with E-state index in [-0.39, 0.29) is 11.1 Å². The van der Waals surface area contributed by atoms with Crippen LogP contribution in [-0.4, -0.2) is 9.97 Å². The van der Waals surface area contributed by atoms with E-state index in [0.29, 0.717) is 0 Å². The van der Waals surface area contributed by atoms with Crippen molar-refractivity contribution >= 4 is 0 Å². The molecule has 0 radical (unpaired) electrons. The molecule has 15 heavy (non-hydrogen) atoms. The molecule has 0 aliphatic carbocycles. The number of aromatic nitrogens is 2. The van der Waals surface area contributed by atoms with Gasteiger partial charge in [0, 0.05) is 18.0 Å². The van der Waals surface area contributed by atoms with Gasteiger partial charge < -0.3 is 4.98 Å². The normalized spacial score (nSPS) is 10.3. The minimum absolute atomic E-state index is 0.193. The minimum Gasteiger partial charge on any atom is -0.312 e. The first-order valence-corrected chi connectivity index (χ1v) is 4.17. The second-order valence-electron chi connectivity index (χ2n) is 2.90. The molecule has 0 atom stereocenters. The third-order valence-corrected chi connectivity index (χ3v) is 1.92. The van der Waals surface area contributed by atoms with Gasteiger partial charge in [-0.2, -0.15) is 0 Å². The van der Waals surface area contributed by atoms with Gasteiger partial charge in [0.05, 0.1) is 5.56 Å². The lowest BCUT2D eigenvalue weighted by Gasteiger charge is -2.03. The van der Waals surface area contributed by atoms with Crippen LogP contribution in [0.1, 0.15) is 0 Å². The van der Waals surface area contributed by atoms with E-state index in [4.69, 9.17) is 0 Å². The molecule has 5 heteroatoms. The lowest BCUT2D eigenvalue weighted by atomic mass is 10.1. The van der Waals surface area contributed by atoms with Crippen molar-refractivity contribution in [2.24, 2.45) is 0 Å². The fraction of sp³-hybridized carbons (Fsp3) is 0. The quantitative estimate of drug-likeness (QED) is 0.775. The highest BCUT2D eigenvalue weighted by Crippen LogP contribution is 2.23. The van der Waals surface area contributed by atoms with E-state index in [1.165, 1.54) is 12.3 Å². The number of nitrogens with one attached hydrogen (secondary N) is 1. The summed E-state index contributed by atoms with van der Waals surface area (Å²) in [6.45, 7) is 0. The van der Waals surface area contributed by atoms with Gasteiger partial charge in [0.15, 0.2) is 0 Å². The predicted molar refractivity (Wildman–Crippen MR) is 50.2 cm³/mol. The second-order valence-corrected chi connectivity index (χ2v) is 2.90. The Labute approximate surface area is 83.4 Å². The van der Waals surface area contributed by atoms with Crippen LogP contribution in [0.15, 0.2) is 35.4 Å². The highest BCUT2D eigenvalue weighted by atomic mass is 19.1. The summed E-state index contributed by atoms with van der Waals surface area (Å²) in [5.74, 6) is -1.38. The molecule has 1 aromatic heterocycles. The predicted octanol–water partition coefficient (Wildman–Crippen LogP) is 1.72. The molecular weight excluding hydrogens is 202 g/mol. The summed E-state index contributed by atoms with van der Waals surface area (Å²) in [5, 5.41) is 0. The van der Waals surface area contributed by atoms with Gasteiger partial charge in [-0.3, -0.25) is 0 Å². The van der Waals surface area contributed by atoms with Crippen LogP contribution in [0.4, 0.5) is 8.78 Å². The number of hydrogen-bond donors (Lipinski definition) is 1. The molecule has 76 valence electrons. The molecule has 0 aliphatic rings. The zero-order valence-corrected chi connectivity index (χ0v) is 7.50. The van der Waals surface area contributed by atoms with Crippen LogP contribution in [0.3, 0.4) is 0 Å². The Morgan fingerprint density at radius 3 is 2.40 bits per heavy atom. The van der Waals surface area contributed by atoms with Gasteiger partial charge >= 0.3 is 5.69 Å². The largest absolute Gasteiger partial charge is 0.344 e. The van der Waals surface area contributed by atoms with Crippen molar-refractivity contribution in [3.05, 3.63) is 52.7 Å². The van der Waals surface area contributed by atoms with Gasteiger partial charge in [-0.15, -0.1) is 0 Å². The average Bonchev–Trinajstić information content (AvgIpc) is 2.20. The monoisotopic (exact) mass is 208 g/mol. The summed E-state index contributed by atoms with van der Waals surface area (Å²) in [4.78, 5) is 16.3. The van der Waals surface area contributed by atoms with E-state index >= 15 is 0 Å². The lowest BCUT2D eigenvalue weighted by Crippen LogP contribution is -2.08. The van der Waals surface area contributed by atoms with Gasteiger partial charge in [0.2, 0.25) is 0 Å². The first kappa shape index (κ1) is 9.51. The number of aromatic amines is 1. The van der Waals surface area contributed by atoms with Gasteiger partial charge in [0.25, 0.3) is 0 Å². The van der Waals surface area contributed by atoms with Crippen molar-refractivity contribution < 1.29 is 8.78 Å². The number of rotatable bonds is 1. The third kappa shape index (κ3) is 1.76. The molecule has 0 bridgehead atoms. The number of halogens is 2. The highest BCUT2D eigenvalue weighted by molar-refractivity contribution is 5.62. The number of benzene rings is 1. The molecule has 1 heterocycles. The van der Waals surface area contributed by atoms with Crippen molar-refractivity contribution in [2.75, 3.05) is 0 Å². The Kier molecular flexibility index (Phi) is 2.29. The minimum atomic E-state index is -0.691. The molecular formula is C10H6F2N2O. The van der Waals surface area contributed by atoms with Crippen molar-refractivity contribution in [3.8, 4) is 11.1 Å². The summed E-state index contributed by atoms with van der Waals surface area (Å²) in [6.07, 6.45) is 2.34. The Hall–Kier alpha value is -2.04. The first-order valence-electron chi connectivity index (χ1n) is 4.17. The summed E-state index contributed by atoms with van der Waals surface area (Å²) in [7, 11) is 0. The Bertz CT molecular complexity index is 511. The van der Waals surface area contributed by atoms with Crippen LogP contribution in [0.5, 0.6) is 0 Å². The molecule has 3 nitrogen and oxygen atoms in total. The molecule has 0 amide bonds. The molecule has 2 rings (SSSR count). The summed E-state index contributed by atoms with van der Waals surface area (Å²) >= 11 is 0. The summed E-state index contributed by atoms with van der Waals surface area (Å²) in [5.41, 5.74) is -0.554. The van der Waals surface area contributed by atoms with Crippen molar-refractivity contribution in [2.45, 2.75) is 0 Å². The lowest BCUT2D eigenvalue weighted by molar-refractivity contribution is 0.589. The molecule has 0 saturated heterocycles. The zero-order valence-electron chi connectivity index (χ0n) is 7.50. The molecule has 0 unspecified atom stereocenters. The third-order valence-electron chi connectivity index (χ3n) is 1.92. The van der Waals surface area contributed by atoms with Gasteiger partial charge in [-0.1, -0.05) is 6.07 Å². The zero-order chi connectivity index (χ0) is 10.8. The fourth-order valence-electron chi connectivity index (χ4n) is 1.25. The Morgan fingerprint density at radius 2 is 1.87 bits per heavy atom. The average molecular weight is 208 g/mol. The van der Waals surface area contributed by atoms with Crippen LogP contribution >= 0.6 is 0 Å². The number of hydrogen-bond acceptors (Lipinski definition) is 2. The van der Waals surface area contributed by atoms with E-state index in [2.05, 4.69) is 9.97 Å². The molecule has 0 fully saturated rings. The standard InChI is InChI=1S/C10H6F2N2O/c11-7-2-1-3-8(12)9(7)6-4-13-10(15)14-5-6/h1-5H,(H,13,14,15). The molecule has 0 spiro atoms. The fourth-order valence-corrected chi connectivity index (χ4v) is 1.25. The number of nitrogens with zero attached hydrogens (tertiary/aromatic N) is 1. The van der Waals surface area contributed by atoms with Crippen molar-refractivity contribution in [1.82, 2.24) is 9.97 Å². The van der Waals surface area contributed by atoms with Crippen LogP contribution in [-0.2, 0) is 0 Å². The van der Waals surface area contributed by atoms with E-state index in [1.54, 1.807) is 0 Å². The maximum Gasteiger partial charge on any atom is 0.344 e. The SMILES string of the molecule is O=c1ncc(-c2c(F)cccc2F)c[nH]1. The Balaban J connectivity index is 2.63. The van der Waals surface area contributed by atoms with Gasteiger partial charge in [-0.05, 0) is 12.1 Å². The van der Waals surface area contributed by atoms with Crippen LogP contribution in [0.2, 0.25) is 0 Å². The molecule has 0 aliphatic heterocycles. The Morgan fingerprint density at radius 1 is 1.20 bits per heavy atom.